The van der Waals surface area contributed by atoms with Gasteiger partial charge in [0.1, 0.15) is 12.4 Å². The van der Waals surface area contributed by atoms with Crippen LogP contribution in [0.5, 0.6) is 5.75 Å². The summed E-state index contributed by atoms with van der Waals surface area (Å²) in [6, 6.07) is 13.6. The zero-order valence-electron chi connectivity index (χ0n) is 11.7. The summed E-state index contributed by atoms with van der Waals surface area (Å²) in [5, 5.41) is 1.34. The molecule has 0 saturated carbocycles. The first-order valence-corrected chi connectivity index (χ1v) is 7.52. The molecule has 0 aliphatic carbocycles. The molecule has 0 aliphatic heterocycles. The second kappa shape index (κ2) is 7.01. The summed E-state index contributed by atoms with van der Waals surface area (Å²) in [6.07, 6.45) is 1.14. The Morgan fingerprint density at radius 1 is 1.05 bits per heavy atom. The second-order valence-electron chi connectivity index (χ2n) is 4.90. The zero-order chi connectivity index (χ0) is 14.5. The van der Waals surface area contributed by atoms with Crippen molar-refractivity contribution in [2.45, 2.75) is 32.8 Å². The molecule has 0 heterocycles. The lowest BCUT2D eigenvalue weighted by molar-refractivity contribution is 0.306. The molecule has 2 rings (SSSR count). The lowest BCUT2D eigenvalue weighted by Crippen LogP contribution is -1.97. The normalized spacial score (nSPS) is 12.2. The molecule has 20 heavy (non-hydrogen) atoms. The molecule has 0 aromatic heterocycles. The standard InChI is InChI=1S/C17H18Cl2O/c1-3-12(2)13-4-7-16(8-5-13)20-11-14-10-15(18)6-9-17(14)19/h4-10,12H,3,11H2,1-2H3. The quantitative estimate of drug-likeness (QED) is 0.649. The Balaban J connectivity index is 2.02. The topological polar surface area (TPSA) is 9.23 Å². The fourth-order valence-electron chi connectivity index (χ4n) is 1.94. The van der Waals surface area contributed by atoms with E-state index in [2.05, 4.69) is 26.0 Å². The predicted molar refractivity (Wildman–Crippen MR) is 85.9 cm³/mol. The van der Waals surface area contributed by atoms with Crippen LogP contribution in [0.25, 0.3) is 0 Å². The molecule has 1 atom stereocenters. The van der Waals surface area contributed by atoms with Gasteiger partial charge in [-0.2, -0.15) is 0 Å². The van der Waals surface area contributed by atoms with Gasteiger partial charge in [0, 0.05) is 15.6 Å². The molecule has 0 radical (unpaired) electrons. The summed E-state index contributed by atoms with van der Waals surface area (Å²) in [7, 11) is 0. The molecule has 0 aliphatic rings. The average Bonchev–Trinajstić information content (AvgIpc) is 2.48. The van der Waals surface area contributed by atoms with Crippen molar-refractivity contribution in [1.29, 1.82) is 0 Å². The van der Waals surface area contributed by atoms with Crippen LogP contribution in [-0.4, -0.2) is 0 Å². The molecule has 1 nitrogen and oxygen atoms in total. The highest BCUT2D eigenvalue weighted by Crippen LogP contribution is 2.24. The van der Waals surface area contributed by atoms with Gasteiger partial charge in [0.25, 0.3) is 0 Å². The van der Waals surface area contributed by atoms with Crippen molar-refractivity contribution in [2.75, 3.05) is 0 Å². The Bertz CT molecular complexity index is 564. The van der Waals surface area contributed by atoms with Crippen molar-refractivity contribution in [3.8, 4) is 5.75 Å². The van der Waals surface area contributed by atoms with Crippen LogP contribution in [0.2, 0.25) is 10.0 Å². The van der Waals surface area contributed by atoms with E-state index in [9.17, 15) is 0 Å². The molecule has 0 amide bonds. The van der Waals surface area contributed by atoms with Gasteiger partial charge in [0.2, 0.25) is 0 Å². The molecule has 2 aromatic carbocycles. The van der Waals surface area contributed by atoms with Crippen LogP contribution in [0, 0.1) is 0 Å². The maximum Gasteiger partial charge on any atom is 0.119 e. The van der Waals surface area contributed by atoms with Crippen LogP contribution in [0.1, 0.15) is 37.3 Å². The first kappa shape index (κ1) is 15.2. The fourth-order valence-corrected chi connectivity index (χ4v) is 2.31. The summed E-state index contributed by atoms with van der Waals surface area (Å²) in [5.74, 6) is 1.42. The van der Waals surface area contributed by atoms with Crippen molar-refractivity contribution >= 4 is 23.2 Å². The van der Waals surface area contributed by atoms with Gasteiger partial charge in [0.05, 0.1) is 0 Å². The maximum atomic E-state index is 6.11. The number of halogens is 2. The van der Waals surface area contributed by atoms with Crippen LogP contribution >= 0.6 is 23.2 Å². The van der Waals surface area contributed by atoms with Crippen LogP contribution < -0.4 is 4.74 Å². The highest BCUT2D eigenvalue weighted by molar-refractivity contribution is 6.33. The Kier molecular flexibility index (Phi) is 5.33. The van der Waals surface area contributed by atoms with Gasteiger partial charge in [-0.05, 0) is 48.2 Å². The Morgan fingerprint density at radius 3 is 2.40 bits per heavy atom. The fraction of sp³-hybridized carbons (Fsp3) is 0.294. The second-order valence-corrected chi connectivity index (χ2v) is 5.75. The SMILES string of the molecule is CCC(C)c1ccc(OCc2cc(Cl)ccc2Cl)cc1. The number of benzene rings is 2. The van der Waals surface area contributed by atoms with E-state index in [1.54, 1.807) is 12.1 Å². The number of ether oxygens (including phenoxy) is 1. The number of hydrogen-bond donors (Lipinski definition) is 0. The molecular formula is C17H18Cl2O. The molecule has 0 N–H and O–H groups in total. The third kappa shape index (κ3) is 3.91. The monoisotopic (exact) mass is 308 g/mol. The summed E-state index contributed by atoms with van der Waals surface area (Å²) < 4.78 is 5.75. The summed E-state index contributed by atoms with van der Waals surface area (Å²) in [6.45, 7) is 4.83. The van der Waals surface area contributed by atoms with Gasteiger partial charge < -0.3 is 4.74 Å². The number of hydrogen-bond acceptors (Lipinski definition) is 1. The molecule has 106 valence electrons. The van der Waals surface area contributed by atoms with E-state index in [1.807, 2.05) is 18.2 Å². The van der Waals surface area contributed by atoms with Gasteiger partial charge in [-0.25, -0.2) is 0 Å². The minimum atomic E-state index is 0.419. The molecule has 3 heteroatoms. The lowest BCUT2D eigenvalue weighted by atomic mass is 9.99. The molecule has 0 bridgehead atoms. The van der Waals surface area contributed by atoms with E-state index >= 15 is 0 Å². The van der Waals surface area contributed by atoms with Crippen LogP contribution in [0.4, 0.5) is 0 Å². The van der Waals surface area contributed by atoms with Crippen molar-refractivity contribution < 1.29 is 4.74 Å². The molecular weight excluding hydrogens is 291 g/mol. The largest absolute Gasteiger partial charge is 0.489 e. The minimum Gasteiger partial charge on any atom is -0.489 e. The predicted octanol–water partition coefficient (Wildman–Crippen LogP) is 6.09. The number of rotatable bonds is 5. The van der Waals surface area contributed by atoms with Gasteiger partial charge in [0.15, 0.2) is 0 Å². The van der Waals surface area contributed by atoms with Crippen molar-refractivity contribution in [1.82, 2.24) is 0 Å². The van der Waals surface area contributed by atoms with E-state index in [-0.39, 0.29) is 0 Å². The molecule has 1 unspecified atom stereocenters. The molecule has 0 spiro atoms. The van der Waals surface area contributed by atoms with Crippen LogP contribution in [-0.2, 0) is 6.61 Å². The lowest BCUT2D eigenvalue weighted by Gasteiger charge is -2.11. The first-order chi connectivity index (χ1) is 9.60. The van der Waals surface area contributed by atoms with Gasteiger partial charge in [-0.3, -0.25) is 0 Å². The highest BCUT2D eigenvalue weighted by atomic mass is 35.5. The summed E-state index contributed by atoms with van der Waals surface area (Å²) >= 11 is 12.1. The Morgan fingerprint density at radius 2 is 1.75 bits per heavy atom. The van der Waals surface area contributed by atoms with E-state index in [1.165, 1.54) is 5.56 Å². The third-order valence-corrected chi connectivity index (χ3v) is 4.07. The molecule has 2 aromatic rings. The van der Waals surface area contributed by atoms with Crippen molar-refractivity contribution in [2.24, 2.45) is 0 Å². The van der Waals surface area contributed by atoms with E-state index in [0.717, 1.165) is 17.7 Å². The van der Waals surface area contributed by atoms with Crippen LogP contribution in [0.3, 0.4) is 0 Å². The maximum absolute atomic E-state index is 6.11. The molecule has 0 saturated heterocycles. The van der Waals surface area contributed by atoms with Crippen molar-refractivity contribution in [3.63, 3.8) is 0 Å². The molecule has 0 fully saturated rings. The van der Waals surface area contributed by atoms with E-state index < -0.39 is 0 Å². The van der Waals surface area contributed by atoms with E-state index in [4.69, 9.17) is 27.9 Å². The summed E-state index contributed by atoms with van der Waals surface area (Å²) in [5.41, 5.74) is 2.23. The van der Waals surface area contributed by atoms with Gasteiger partial charge in [-0.15, -0.1) is 0 Å². The van der Waals surface area contributed by atoms with Crippen molar-refractivity contribution in [3.05, 3.63) is 63.6 Å². The Labute approximate surface area is 130 Å². The highest BCUT2D eigenvalue weighted by Gasteiger charge is 2.05. The zero-order valence-corrected chi connectivity index (χ0v) is 13.2. The van der Waals surface area contributed by atoms with Gasteiger partial charge >= 0.3 is 0 Å². The first-order valence-electron chi connectivity index (χ1n) is 6.77. The third-order valence-electron chi connectivity index (χ3n) is 3.46. The summed E-state index contributed by atoms with van der Waals surface area (Å²) in [4.78, 5) is 0. The van der Waals surface area contributed by atoms with Crippen LogP contribution in [0.15, 0.2) is 42.5 Å². The Hall–Kier alpha value is -1.18. The smallest absolute Gasteiger partial charge is 0.119 e. The minimum absolute atomic E-state index is 0.419. The average molecular weight is 309 g/mol. The van der Waals surface area contributed by atoms with E-state index in [0.29, 0.717) is 22.6 Å². The van der Waals surface area contributed by atoms with Gasteiger partial charge in [-0.1, -0.05) is 49.2 Å².